The summed E-state index contributed by atoms with van der Waals surface area (Å²) in [6.45, 7) is 4.35. The number of likely N-dealkylation sites (tertiary alicyclic amines) is 1. The highest BCUT2D eigenvalue weighted by molar-refractivity contribution is 7.88. The van der Waals surface area contributed by atoms with E-state index in [4.69, 9.17) is 21.1 Å². The fourth-order valence-electron chi connectivity index (χ4n) is 3.94. The molecule has 2 heterocycles. The van der Waals surface area contributed by atoms with E-state index in [2.05, 4.69) is 4.72 Å². The van der Waals surface area contributed by atoms with E-state index in [1.165, 1.54) is 0 Å². The summed E-state index contributed by atoms with van der Waals surface area (Å²) in [7, 11) is -3.47. The van der Waals surface area contributed by atoms with Crippen molar-refractivity contribution in [2.45, 2.75) is 50.4 Å². The molecule has 0 radical (unpaired) electrons. The Balaban J connectivity index is 1.57. The lowest BCUT2D eigenvalue weighted by Gasteiger charge is -2.50. The van der Waals surface area contributed by atoms with Gasteiger partial charge in [-0.1, -0.05) is 17.7 Å². The van der Waals surface area contributed by atoms with Gasteiger partial charge in [-0.05, 0) is 50.8 Å². The molecule has 1 spiro atoms. The van der Waals surface area contributed by atoms with Gasteiger partial charge in [0.15, 0.2) is 6.61 Å². The first kappa shape index (κ1) is 23.3. The van der Waals surface area contributed by atoms with E-state index < -0.39 is 27.3 Å². The largest absolute Gasteiger partial charge is 0.482 e. The maximum atomic E-state index is 12.6. The Bertz CT molecular complexity index is 897. The minimum absolute atomic E-state index is 0.0309. The van der Waals surface area contributed by atoms with Crippen molar-refractivity contribution >= 4 is 27.5 Å². The molecule has 2 aliphatic heterocycles. The zero-order chi connectivity index (χ0) is 22.2. The quantitative estimate of drug-likeness (QED) is 0.689. The number of hydrogen-bond donors (Lipinski definition) is 2. The van der Waals surface area contributed by atoms with Crippen LogP contribution in [0.15, 0.2) is 18.2 Å². The van der Waals surface area contributed by atoms with Crippen molar-refractivity contribution in [3.8, 4) is 5.75 Å². The number of aryl methyl sites for hydroxylation is 1. The van der Waals surface area contributed by atoms with Crippen molar-refractivity contribution in [3.63, 3.8) is 0 Å². The molecular formula is C20H29ClN2O6S. The molecule has 2 atom stereocenters. The number of carbonyl (C=O) groups is 1. The summed E-state index contributed by atoms with van der Waals surface area (Å²) in [5.41, 5.74) is -0.867. The van der Waals surface area contributed by atoms with Crippen molar-refractivity contribution < 1.29 is 27.8 Å². The van der Waals surface area contributed by atoms with E-state index in [0.29, 0.717) is 43.1 Å². The second kappa shape index (κ2) is 8.63. The molecule has 10 heteroatoms. The fourth-order valence-corrected chi connectivity index (χ4v) is 4.97. The monoisotopic (exact) mass is 460 g/mol. The number of hydrogen-bond acceptors (Lipinski definition) is 6. The molecular weight excluding hydrogens is 432 g/mol. The van der Waals surface area contributed by atoms with Crippen molar-refractivity contribution in [3.05, 3.63) is 28.8 Å². The summed E-state index contributed by atoms with van der Waals surface area (Å²) in [6.07, 6.45) is 2.54. The first-order valence-electron chi connectivity index (χ1n) is 9.90. The molecule has 0 aliphatic carbocycles. The minimum Gasteiger partial charge on any atom is -0.482 e. The van der Waals surface area contributed by atoms with E-state index in [-0.39, 0.29) is 19.1 Å². The van der Waals surface area contributed by atoms with E-state index in [1.807, 2.05) is 13.0 Å². The van der Waals surface area contributed by atoms with Crippen molar-refractivity contribution in [1.29, 1.82) is 0 Å². The predicted octanol–water partition coefficient (Wildman–Crippen LogP) is 1.48. The van der Waals surface area contributed by atoms with Gasteiger partial charge in [-0.25, -0.2) is 13.1 Å². The SMILES string of the molecule is Cc1ccc(Cl)c(OCC(=O)N2CCC3(CC2)C[C@H](NS(C)(=O)=O)[C@@](C)(O)CO3)c1. The average molecular weight is 461 g/mol. The highest BCUT2D eigenvalue weighted by Crippen LogP contribution is 2.38. The zero-order valence-electron chi connectivity index (χ0n) is 17.5. The lowest BCUT2D eigenvalue weighted by molar-refractivity contribution is -0.191. The van der Waals surface area contributed by atoms with Crippen LogP contribution in [0.3, 0.4) is 0 Å². The van der Waals surface area contributed by atoms with Gasteiger partial charge in [-0.15, -0.1) is 0 Å². The Morgan fingerprint density at radius 3 is 2.70 bits per heavy atom. The molecule has 1 aromatic carbocycles. The highest BCUT2D eigenvalue weighted by atomic mass is 35.5. The number of sulfonamides is 1. The Morgan fingerprint density at radius 2 is 2.07 bits per heavy atom. The van der Waals surface area contributed by atoms with Crippen LogP contribution in [0.5, 0.6) is 5.75 Å². The van der Waals surface area contributed by atoms with Gasteiger partial charge < -0.3 is 19.5 Å². The van der Waals surface area contributed by atoms with E-state index in [0.717, 1.165) is 11.8 Å². The molecule has 2 saturated heterocycles. The number of benzene rings is 1. The van der Waals surface area contributed by atoms with Crippen LogP contribution in [-0.2, 0) is 19.6 Å². The summed E-state index contributed by atoms with van der Waals surface area (Å²) in [4.78, 5) is 14.3. The molecule has 3 rings (SSSR count). The minimum atomic E-state index is -3.47. The first-order chi connectivity index (χ1) is 13.9. The normalized spacial score (nSPS) is 26.6. The van der Waals surface area contributed by atoms with Crippen molar-refractivity contribution in [2.24, 2.45) is 0 Å². The number of rotatable bonds is 5. The Labute approximate surface area is 182 Å². The predicted molar refractivity (Wildman–Crippen MR) is 113 cm³/mol. The van der Waals surface area contributed by atoms with E-state index in [9.17, 15) is 18.3 Å². The van der Waals surface area contributed by atoms with Crippen LogP contribution in [0.1, 0.15) is 31.7 Å². The molecule has 1 aromatic rings. The summed E-state index contributed by atoms with van der Waals surface area (Å²) >= 11 is 6.11. The third-order valence-corrected chi connectivity index (χ3v) is 6.84. The van der Waals surface area contributed by atoms with Crippen LogP contribution in [0.2, 0.25) is 5.02 Å². The summed E-state index contributed by atoms with van der Waals surface area (Å²) in [5, 5.41) is 11.0. The molecule has 0 aromatic heterocycles. The molecule has 0 saturated carbocycles. The number of halogens is 1. The second-order valence-electron chi connectivity index (χ2n) is 8.58. The molecule has 2 aliphatic rings. The second-order valence-corrected chi connectivity index (χ2v) is 10.8. The number of nitrogens with one attached hydrogen (secondary N) is 1. The van der Waals surface area contributed by atoms with Gasteiger partial charge in [0.05, 0.1) is 29.5 Å². The molecule has 2 N–H and O–H groups in total. The summed E-state index contributed by atoms with van der Waals surface area (Å²) < 4.78 is 37.5. The van der Waals surface area contributed by atoms with Crippen LogP contribution in [-0.4, -0.2) is 74.1 Å². The molecule has 0 unspecified atom stereocenters. The standard InChI is InChI=1S/C20H29ClN2O6S/c1-14-4-5-15(21)16(10-14)28-12-18(24)23-8-6-20(7-9-23)11-17(22-30(3,26)27)19(2,25)13-29-20/h4-5,10,17,22,25H,6-9,11-13H2,1-3H3/t17-,19-/m0/s1. The van der Waals surface area contributed by atoms with Gasteiger partial charge in [-0.2, -0.15) is 0 Å². The zero-order valence-corrected chi connectivity index (χ0v) is 19.1. The molecule has 30 heavy (non-hydrogen) atoms. The number of aliphatic hydroxyl groups is 1. The molecule has 2 fully saturated rings. The maximum absolute atomic E-state index is 12.6. The Hall–Kier alpha value is -1.39. The maximum Gasteiger partial charge on any atom is 0.260 e. The van der Waals surface area contributed by atoms with Crippen LogP contribution in [0, 0.1) is 6.92 Å². The van der Waals surface area contributed by atoms with Crippen molar-refractivity contribution in [2.75, 3.05) is 32.6 Å². The molecule has 1 amide bonds. The number of piperidine rings is 1. The van der Waals surface area contributed by atoms with Gasteiger partial charge >= 0.3 is 0 Å². The molecule has 0 bridgehead atoms. The topological polar surface area (TPSA) is 105 Å². The van der Waals surface area contributed by atoms with E-state index in [1.54, 1.807) is 24.0 Å². The third-order valence-electron chi connectivity index (χ3n) is 5.82. The van der Waals surface area contributed by atoms with Crippen LogP contribution in [0.4, 0.5) is 0 Å². The number of carbonyl (C=O) groups excluding carboxylic acids is 1. The van der Waals surface area contributed by atoms with Crippen molar-refractivity contribution in [1.82, 2.24) is 9.62 Å². The Morgan fingerprint density at radius 1 is 1.40 bits per heavy atom. The van der Waals surface area contributed by atoms with Crippen LogP contribution >= 0.6 is 11.6 Å². The smallest absolute Gasteiger partial charge is 0.260 e. The first-order valence-corrected chi connectivity index (χ1v) is 12.2. The van der Waals surface area contributed by atoms with E-state index >= 15 is 0 Å². The van der Waals surface area contributed by atoms with Gasteiger partial charge in [0.2, 0.25) is 10.0 Å². The number of amides is 1. The van der Waals surface area contributed by atoms with Gasteiger partial charge in [0, 0.05) is 13.1 Å². The molecule has 8 nitrogen and oxygen atoms in total. The van der Waals surface area contributed by atoms with Gasteiger partial charge in [-0.3, -0.25) is 4.79 Å². The third kappa shape index (κ3) is 5.64. The average Bonchev–Trinajstić information content (AvgIpc) is 2.65. The fraction of sp³-hybridized carbons (Fsp3) is 0.650. The van der Waals surface area contributed by atoms with Crippen LogP contribution < -0.4 is 9.46 Å². The van der Waals surface area contributed by atoms with Crippen LogP contribution in [0.25, 0.3) is 0 Å². The Kier molecular flexibility index (Phi) is 6.69. The summed E-state index contributed by atoms with van der Waals surface area (Å²) in [5.74, 6) is 0.335. The molecule has 168 valence electrons. The number of nitrogens with zero attached hydrogens (tertiary/aromatic N) is 1. The van der Waals surface area contributed by atoms with Gasteiger partial charge in [0.25, 0.3) is 5.91 Å². The summed E-state index contributed by atoms with van der Waals surface area (Å²) in [6, 6.07) is 4.75. The number of ether oxygens (including phenoxy) is 2. The van der Waals surface area contributed by atoms with Gasteiger partial charge in [0.1, 0.15) is 11.4 Å². The highest BCUT2D eigenvalue weighted by Gasteiger charge is 2.49. The lowest BCUT2D eigenvalue weighted by atomic mass is 9.78. The lowest BCUT2D eigenvalue weighted by Crippen LogP contribution is -2.64.